The minimum Gasteiger partial charge on any atom is -0.268 e. The van der Waals surface area contributed by atoms with E-state index in [1.807, 2.05) is 0 Å². The Morgan fingerprint density at radius 3 is 2.22 bits per heavy atom. The lowest BCUT2D eigenvalue weighted by Crippen LogP contribution is -2.16. The third kappa shape index (κ3) is 2.13. The van der Waals surface area contributed by atoms with Crippen LogP contribution in [0.3, 0.4) is 0 Å². The van der Waals surface area contributed by atoms with Gasteiger partial charge >= 0.3 is 0 Å². The van der Waals surface area contributed by atoms with Crippen molar-refractivity contribution in [2.75, 3.05) is 5.75 Å². The van der Waals surface area contributed by atoms with Gasteiger partial charge in [-0.1, -0.05) is 6.92 Å². The fourth-order valence-corrected chi connectivity index (χ4v) is 2.80. The lowest BCUT2D eigenvalue weighted by molar-refractivity contribution is 0.0974. The van der Waals surface area contributed by atoms with Crippen LogP contribution in [0.1, 0.15) is 23.7 Å². The Balaban J connectivity index is 0.000000152. The number of nitrogens with zero attached hydrogens (tertiary/aromatic N) is 1. The number of benzene rings is 1. The number of carbonyl (C=O) groups excluding carboxylic acids is 1. The highest BCUT2D eigenvalue weighted by molar-refractivity contribution is 8.13. The largest absolute Gasteiger partial charge is 0.268 e. The summed E-state index contributed by atoms with van der Waals surface area (Å²) in [4.78, 5) is 22.4. The summed E-state index contributed by atoms with van der Waals surface area (Å²) < 4.78 is 21.2. The summed E-state index contributed by atoms with van der Waals surface area (Å²) in [7, 11) is 1.60. The molecule has 0 fully saturated rings. The number of halogens is 1. The van der Waals surface area contributed by atoms with Gasteiger partial charge in [-0.3, -0.25) is 9.59 Å². The van der Waals surface area contributed by atoms with Crippen molar-refractivity contribution in [2.24, 2.45) is 0 Å². The van der Waals surface area contributed by atoms with Crippen molar-refractivity contribution >= 4 is 36.5 Å². The second kappa shape index (κ2) is 4.37. The molecular formula is C11H10ClNO4S. The molecule has 2 aromatic rings. The fraction of sp³-hybridized carbons (Fsp3) is 0.273. The predicted octanol–water partition coefficient (Wildman–Crippen LogP) is 1.41. The highest BCUT2D eigenvalue weighted by Gasteiger charge is 2.27. The highest BCUT2D eigenvalue weighted by Crippen LogP contribution is 2.22. The first-order chi connectivity index (χ1) is 8.35. The topological polar surface area (TPSA) is 73.2 Å². The van der Waals surface area contributed by atoms with Crippen molar-refractivity contribution in [1.82, 2.24) is 4.57 Å². The molecule has 7 heteroatoms. The molecule has 2 aliphatic rings. The van der Waals surface area contributed by atoms with Crippen molar-refractivity contribution in [1.29, 1.82) is 0 Å². The molecule has 4 bridgehead atoms. The van der Waals surface area contributed by atoms with Gasteiger partial charge in [0.15, 0.2) is 0 Å². The number of fused-ring (bicyclic) bond motifs is 1. The van der Waals surface area contributed by atoms with E-state index in [1.54, 1.807) is 25.1 Å². The second-order valence-electron chi connectivity index (χ2n) is 3.92. The highest BCUT2D eigenvalue weighted by atomic mass is 35.7. The maximum atomic E-state index is 11.2. The van der Waals surface area contributed by atoms with E-state index in [0.717, 1.165) is 0 Å². The van der Waals surface area contributed by atoms with Crippen LogP contribution >= 0.6 is 10.7 Å². The van der Waals surface area contributed by atoms with E-state index in [-0.39, 0.29) is 17.2 Å². The number of rotatable bonds is 2. The Bertz CT molecular complexity index is 763. The summed E-state index contributed by atoms with van der Waals surface area (Å²) in [6, 6.07) is 5.23. The second-order valence-corrected chi connectivity index (χ2v) is 6.82. The molecule has 96 valence electrons. The Labute approximate surface area is 108 Å². The van der Waals surface area contributed by atoms with Gasteiger partial charge in [0.1, 0.15) is 0 Å². The van der Waals surface area contributed by atoms with Gasteiger partial charge in [-0.2, -0.15) is 0 Å². The van der Waals surface area contributed by atoms with E-state index in [0.29, 0.717) is 22.9 Å². The molecule has 0 spiro atoms. The van der Waals surface area contributed by atoms with Crippen LogP contribution in [-0.2, 0) is 9.05 Å². The van der Waals surface area contributed by atoms with Crippen LogP contribution in [-0.4, -0.2) is 24.6 Å². The van der Waals surface area contributed by atoms with Gasteiger partial charge in [0.25, 0.3) is 11.5 Å². The molecule has 0 saturated heterocycles. The van der Waals surface area contributed by atoms with E-state index in [1.165, 1.54) is 4.57 Å². The summed E-state index contributed by atoms with van der Waals surface area (Å²) in [5.74, 6) is -0.0841. The SMILES string of the molecule is CCCS(=O)(=O)Cl.O=C1c2cc3ccc2c(=O)n31. The molecule has 18 heavy (non-hydrogen) atoms. The number of aromatic nitrogens is 1. The molecule has 0 N–H and O–H groups in total. The third-order valence-corrected chi connectivity index (χ3v) is 3.94. The standard InChI is InChI=1S/C8H3NO2.C3H7ClO2S/c10-7-5-2-1-4-3-6(5)8(11)9(4)7;1-2-3-7(4,5)6/h1-3H;2-3H2,1H3. The normalized spacial score (nSPS) is 13.1. The van der Waals surface area contributed by atoms with Gasteiger partial charge < -0.3 is 0 Å². The Morgan fingerprint density at radius 1 is 1.28 bits per heavy atom. The molecule has 5 nitrogen and oxygen atoms in total. The maximum absolute atomic E-state index is 11.2. The van der Waals surface area contributed by atoms with Crippen molar-refractivity contribution in [2.45, 2.75) is 13.3 Å². The first kappa shape index (κ1) is 13.0. The van der Waals surface area contributed by atoms with Crippen molar-refractivity contribution in [3.63, 3.8) is 0 Å². The van der Waals surface area contributed by atoms with Crippen LogP contribution in [0.2, 0.25) is 0 Å². The predicted molar refractivity (Wildman–Crippen MR) is 69.1 cm³/mol. The molecule has 1 aromatic heterocycles. The van der Waals surface area contributed by atoms with Crippen LogP contribution in [0.15, 0.2) is 23.0 Å². The lowest BCUT2D eigenvalue weighted by atomic mass is 10.2. The van der Waals surface area contributed by atoms with E-state index in [2.05, 4.69) is 0 Å². The van der Waals surface area contributed by atoms with Crippen molar-refractivity contribution < 1.29 is 13.2 Å². The van der Waals surface area contributed by atoms with Gasteiger partial charge in [0, 0.05) is 10.7 Å². The summed E-state index contributed by atoms with van der Waals surface area (Å²) in [5, 5.41) is 0.546. The maximum Gasteiger partial charge on any atom is 0.266 e. The van der Waals surface area contributed by atoms with Crippen LogP contribution in [0.4, 0.5) is 0 Å². The van der Waals surface area contributed by atoms with Crippen LogP contribution in [0.5, 0.6) is 0 Å². The van der Waals surface area contributed by atoms with Gasteiger partial charge in [-0.05, 0) is 24.6 Å². The zero-order chi connectivity index (χ0) is 13.5. The Hall–Kier alpha value is -1.40. The van der Waals surface area contributed by atoms with Gasteiger partial charge in [-0.25, -0.2) is 13.0 Å². The average molecular weight is 288 g/mol. The molecule has 0 radical (unpaired) electrons. The molecule has 0 aliphatic carbocycles. The van der Waals surface area contributed by atoms with Crippen LogP contribution < -0.4 is 5.56 Å². The zero-order valence-corrected chi connectivity index (χ0v) is 11.1. The Kier molecular flexibility index (Phi) is 3.16. The van der Waals surface area contributed by atoms with E-state index >= 15 is 0 Å². The first-order valence-corrected chi connectivity index (χ1v) is 7.78. The lowest BCUT2D eigenvalue weighted by Gasteiger charge is -1.92. The smallest absolute Gasteiger partial charge is 0.266 e. The van der Waals surface area contributed by atoms with Crippen LogP contribution in [0.25, 0.3) is 10.9 Å². The van der Waals surface area contributed by atoms with Crippen molar-refractivity contribution in [3.8, 4) is 0 Å². The zero-order valence-electron chi connectivity index (χ0n) is 9.51. The van der Waals surface area contributed by atoms with Gasteiger partial charge in [0.2, 0.25) is 9.05 Å². The third-order valence-electron chi connectivity index (χ3n) is 2.58. The fourth-order valence-electron chi connectivity index (χ4n) is 1.85. The monoisotopic (exact) mass is 287 g/mol. The summed E-state index contributed by atoms with van der Waals surface area (Å²) in [6.45, 7) is 1.76. The number of hydrogen-bond donors (Lipinski definition) is 0. The van der Waals surface area contributed by atoms with E-state index in [4.69, 9.17) is 10.7 Å². The molecule has 0 saturated carbocycles. The summed E-state index contributed by atoms with van der Waals surface area (Å²) in [5.41, 5.74) is 1.11. The minimum absolute atomic E-state index is 0.0779. The molecule has 0 atom stereocenters. The van der Waals surface area contributed by atoms with Crippen LogP contribution in [0, 0.1) is 0 Å². The van der Waals surface area contributed by atoms with E-state index < -0.39 is 9.05 Å². The molecule has 3 heterocycles. The molecular weight excluding hydrogens is 278 g/mol. The summed E-state index contributed by atoms with van der Waals surface area (Å²) >= 11 is 0. The average Bonchev–Trinajstić information content (AvgIpc) is 2.64. The number of hydrogen-bond acceptors (Lipinski definition) is 4. The molecule has 0 amide bonds. The molecule has 2 aliphatic heterocycles. The molecule has 1 aromatic carbocycles. The Morgan fingerprint density at radius 2 is 1.94 bits per heavy atom. The van der Waals surface area contributed by atoms with E-state index in [9.17, 15) is 18.0 Å². The molecule has 0 unspecified atom stereocenters. The van der Waals surface area contributed by atoms with Gasteiger partial charge in [-0.15, -0.1) is 0 Å². The minimum atomic E-state index is -3.20. The quantitative estimate of drug-likeness (QED) is 0.668. The van der Waals surface area contributed by atoms with Gasteiger partial charge in [0.05, 0.1) is 22.2 Å². The first-order valence-electron chi connectivity index (χ1n) is 5.30. The molecule has 4 rings (SSSR count). The van der Waals surface area contributed by atoms with Crippen molar-refractivity contribution in [3.05, 3.63) is 34.1 Å². The number of carbonyl (C=O) groups is 1. The summed E-state index contributed by atoms with van der Waals surface area (Å²) in [6.07, 6.45) is 0.589. The number of pyridine rings is 2.